The smallest absolute Gasteiger partial charge is 0.258 e. The Morgan fingerprint density at radius 2 is 1.69 bits per heavy atom. The third-order valence-corrected chi connectivity index (χ3v) is 2.15. The van der Waals surface area contributed by atoms with E-state index in [1.165, 1.54) is 12.1 Å². The Labute approximate surface area is 93.1 Å². The molecule has 0 spiro atoms. The van der Waals surface area contributed by atoms with E-state index in [1.54, 1.807) is 12.1 Å². The molecule has 0 fully saturated rings. The van der Waals surface area contributed by atoms with Crippen molar-refractivity contribution in [1.29, 1.82) is 0 Å². The van der Waals surface area contributed by atoms with Crippen LogP contribution in [-0.4, -0.2) is 14.5 Å². The lowest BCUT2D eigenvalue weighted by Crippen LogP contribution is -2.42. The zero-order valence-corrected chi connectivity index (χ0v) is 8.62. The van der Waals surface area contributed by atoms with E-state index < -0.39 is 17.1 Å². The van der Waals surface area contributed by atoms with Crippen LogP contribution in [0, 0.1) is 0 Å². The summed E-state index contributed by atoms with van der Waals surface area (Å²) in [6.07, 6.45) is 0. The predicted octanol–water partition coefficient (Wildman–Crippen LogP) is -0.133. The fourth-order valence-corrected chi connectivity index (χ4v) is 1.46. The highest BCUT2D eigenvalue weighted by Gasteiger charge is 2.05. The average Bonchev–Trinajstić information content (AvgIpc) is 2.15. The summed E-state index contributed by atoms with van der Waals surface area (Å²) in [6, 6.07) is 6.17. The van der Waals surface area contributed by atoms with Gasteiger partial charge in [0, 0.05) is 5.02 Å². The number of aromatic amines is 2. The van der Waals surface area contributed by atoms with Gasteiger partial charge in [-0.05, 0) is 18.2 Å². The van der Waals surface area contributed by atoms with Gasteiger partial charge in [0.15, 0.2) is 0 Å². The monoisotopic (exact) mass is 239 g/mol. The van der Waals surface area contributed by atoms with E-state index in [0.29, 0.717) is 5.02 Å². The summed E-state index contributed by atoms with van der Waals surface area (Å²) >= 11 is 5.73. The first kappa shape index (κ1) is 10.4. The summed E-state index contributed by atoms with van der Waals surface area (Å²) in [6.45, 7) is 0. The number of nitrogens with one attached hydrogen (secondary N) is 2. The minimum absolute atomic E-state index is 0.287. The molecule has 0 bridgehead atoms. The summed E-state index contributed by atoms with van der Waals surface area (Å²) < 4.78 is 0.785. The quantitative estimate of drug-likeness (QED) is 0.727. The Hall–Kier alpha value is -2.08. The van der Waals surface area contributed by atoms with Crippen molar-refractivity contribution in [2.45, 2.75) is 0 Å². The molecule has 82 valence electrons. The molecule has 6 nitrogen and oxygen atoms in total. The van der Waals surface area contributed by atoms with Crippen molar-refractivity contribution in [3.05, 3.63) is 60.7 Å². The summed E-state index contributed by atoms with van der Waals surface area (Å²) in [5.74, 6) is 0. The first-order chi connectivity index (χ1) is 7.58. The van der Waals surface area contributed by atoms with Gasteiger partial charge < -0.3 is 0 Å². The maximum absolute atomic E-state index is 11.4. The molecule has 1 heterocycles. The maximum atomic E-state index is 11.4. The molecule has 0 aliphatic carbocycles. The van der Waals surface area contributed by atoms with Crippen molar-refractivity contribution in [2.24, 2.45) is 0 Å². The van der Waals surface area contributed by atoms with Crippen LogP contribution in [0.15, 0.2) is 38.6 Å². The van der Waals surface area contributed by atoms with E-state index in [9.17, 15) is 14.4 Å². The Morgan fingerprint density at radius 1 is 1.06 bits per heavy atom. The zero-order chi connectivity index (χ0) is 11.7. The number of nitrogens with zero attached hydrogens (tertiary/aromatic N) is 1. The number of halogens is 1. The van der Waals surface area contributed by atoms with Crippen LogP contribution in [-0.2, 0) is 0 Å². The second-order valence-electron chi connectivity index (χ2n) is 3.00. The minimum atomic E-state index is -0.840. The highest BCUT2D eigenvalue weighted by molar-refractivity contribution is 6.30. The van der Waals surface area contributed by atoms with Gasteiger partial charge in [0.1, 0.15) is 0 Å². The van der Waals surface area contributed by atoms with Gasteiger partial charge in [-0.1, -0.05) is 17.7 Å². The van der Waals surface area contributed by atoms with Gasteiger partial charge in [-0.2, -0.15) is 0 Å². The second kappa shape index (κ2) is 3.82. The van der Waals surface area contributed by atoms with Crippen molar-refractivity contribution in [3.63, 3.8) is 0 Å². The molecular weight excluding hydrogens is 234 g/mol. The lowest BCUT2D eigenvalue weighted by Gasteiger charge is -2.02. The van der Waals surface area contributed by atoms with Crippen molar-refractivity contribution in [1.82, 2.24) is 14.5 Å². The van der Waals surface area contributed by atoms with Crippen LogP contribution >= 0.6 is 11.6 Å². The van der Waals surface area contributed by atoms with Crippen LogP contribution in [0.25, 0.3) is 5.69 Å². The third-order valence-electron chi connectivity index (χ3n) is 1.91. The van der Waals surface area contributed by atoms with Gasteiger partial charge in [0.2, 0.25) is 0 Å². The molecule has 16 heavy (non-hydrogen) atoms. The van der Waals surface area contributed by atoms with E-state index >= 15 is 0 Å². The zero-order valence-electron chi connectivity index (χ0n) is 7.86. The van der Waals surface area contributed by atoms with Crippen LogP contribution < -0.4 is 17.1 Å². The predicted molar refractivity (Wildman–Crippen MR) is 58.3 cm³/mol. The van der Waals surface area contributed by atoms with Crippen molar-refractivity contribution in [3.8, 4) is 5.69 Å². The summed E-state index contributed by atoms with van der Waals surface area (Å²) in [5, 5.41) is 0.384. The SMILES string of the molecule is O=c1[nH]c(=O)n(-c2cccc(Cl)c2)c(=O)[nH]1. The lowest BCUT2D eigenvalue weighted by molar-refractivity contribution is 0.784. The highest BCUT2D eigenvalue weighted by Crippen LogP contribution is 2.11. The molecular formula is C9H6ClN3O3. The molecule has 0 aliphatic heterocycles. The molecule has 0 saturated carbocycles. The van der Waals surface area contributed by atoms with Crippen LogP contribution in [0.5, 0.6) is 0 Å². The van der Waals surface area contributed by atoms with Gasteiger partial charge in [0.25, 0.3) is 0 Å². The summed E-state index contributed by atoms with van der Waals surface area (Å²) in [7, 11) is 0. The molecule has 1 aromatic carbocycles. The third kappa shape index (κ3) is 1.82. The number of rotatable bonds is 1. The van der Waals surface area contributed by atoms with Gasteiger partial charge in [-0.3, -0.25) is 9.97 Å². The maximum Gasteiger partial charge on any atom is 0.338 e. The van der Waals surface area contributed by atoms with Crippen LogP contribution in [0.1, 0.15) is 0 Å². The number of H-pyrrole nitrogens is 2. The van der Waals surface area contributed by atoms with E-state index in [1.807, 2.05) is 9.97 Å². The first-order valence-corrected chi connectivity index (χ1v) is 4.67. The van der Waals surface area contributed by atoms with Crippen molar-refractivity contribution < 1.29 is 0 Å². The number of hydrogen-bond acceptors (Lipinski definition) is 3. The summed E-state index contributed by atoms with van der Waals surface area (Å²) in [5.41, 5.74) is -2.17. The molecule has 0 atom stereocenters. The molecule has 0 saturated heterocycles. The topological polar surface area (TPSA) is 87.7 Å². The number of aromatic nitrogens is 3. The minimum Gasteiger partial charge on any atom is -0.258 e. The highest BCUT2D eigenvalue weighted by atomic mass is 35.5. The van der Waals surface area contributed by atoms with Gasteiger partial charge in [-0.15, -0.1) is 0 Å². The van der Waals surface area contributed by atoms with Crippen LogP contribution in [0.4, 0.5) is 0 Å². The normalized spacial score (nSPS) is 10.3. The van der Waals surface area contributed by atoms with E-state index in [-0.39, 0.29) is 5.69 Å². The van der Waals surface area contributed by atoms with Crippen LogP contribution in [0.3, 0.4) is 0 Å². The van der Waals surface area contributed by atoms with Gasteiger partial charge in [-0.25, -0.2) is 19.0 Å². The molecule has 0 aliphatic rings. The van der Waals surface area contributed by atoms with Gasteiger partial charge in [0.05, 0.1) is 5.69 Å². The molecule has 0 radical (unpaired) electrons. The molecule has 2 aromatic rings. The second-order valence-corrected chi connectivity index (χ2v) is 3.44. The van der Waals surface area contributed by atoms with E-state index in [4.69, 9.17) is 11.6 Å². The molecule has 0 unspecified atom stereocenters. The molecule has 0 amide bonds. The molecule has 2 rings (SSSR count). The van der Waals surface area contributed by atoms with Gasteiger partial charge >= 0.3 is 17.1 Å². The fraction of sp³-hybridized carbons (Fsp3) is 0. The van der Waals surface area contributed by atoms with Crippen LogP contribution in [0.2, 0.25) is 5.02 Å². The summed E-state index contributed by atoms with van der Waals surface area (Å²) in [4.78, 5) is 37.5. The van der Waals surface area contributed by atoms with E-state index in [2.05, 4.69) is 0 Å². The molecule has 7 heteroatoms. The lowest BCUT2D eigenvalue weighted by atomic mass is 10.3. The Morgan fingerprint density at radius 3 is 2.25 bits per heavy atom. The Kier molecular flexibility index (Phi) is 2.49. The molecule has 2 N–H and O–H groups in total. The largest absolute Gasteiger partial charge is 0.338 e. The Balaban J connectivity index is 2.80. The first-order valence-electron chi connectivity index (χ1n) is 4.29. The number of benzene rings is 1. The number of hydrogen-bond donors (Lipinski definition) is 2. The van der Waals surface area contributed by atoms with E-state index in [0.717, 1.165) is 4.57 Å². The van der Waals surface area contributed by atoms with Crippen molar-refractivity contribution in [2.75, 3.05) is 0 Å². The standard InChI is InChI=1S/C9H6ClN3O3/c10-5-2-1-3-6(4-5)13-8(15)11-7(14)12-9(13)16/h1-4H,(H2,11,12,14,15,16). The van der Waals surface area contributed by atoms with Crippen molar-refractivity contribution >= 4 is 11.6 Å². The average molecular weight is 240 g/mol. The molecule has 1 aromatic heterocycles. The Bertz CT molecular complexity index is 664. The fourth-order valence-electron chi connectivity index (χ4n) is 1.28.